The Labute approximate surface area is 121 Å². The van der Waals surface area contributed by atoms with Crippen LogP contribution >= 0.6 is 0 Å². The second-order valence-electron chi connectivity index (χ2n) is 5.01. The summed E-state index contributed by atoms with van der Waals surface area (Å²) in [7, 11) is 0. The van der Waals surface area contributed by atoms with Crippen LogP contribution in [0.3, 0.4) is 0 Å². The van der Waals surface area contributed by atoms with E-state index in [1.54, 1.807) is 6.20 Å². The molecule has 2 aromatic heterocycles. The molecule has 4 aromatic rings. The minimum Gasteiger partial charge on any atom is -0.424 e. The summed E-state index contributed by atoms with van der Waals surface area (Å²) in [4.78, 5) is 11.9. The zero-order valence-electron chi connectivity index (χ0n) is 11.5. The molecule has 0 radical (unpaired) electrons. The molecule has 0 unspecified atom stereocenters. The number of aromatic nitrogens is 3. The Bertz CT molecular complexity index is 943. The van der Waals surface area contributed by atoms with Crippen LogP contribution in [0.25, 0.3) is 21.8 Å². The van der Waals surface area contributed by atoms with E-state index < -0.39 is 0 Å². The van der Waals surface area contributed by atoms with Crippen LogP contribution in [0.2, 0.25) is 0 Å². The molecule has 4 heteroatoms. The molecule has 0 amide bonds. The summed E-state index contributed by atoms with van der Waals surface area (Å²) >= 11 is 0. The zero-order valence-corrected chi connectivity index (χ0v) is 11.5. The van der Waals surface area contributed by atoms with E-state index in [-0.39, 0.29) is 0 Å². The van der Waals surface area contributed by atoms with Crippen molar-refractivity contribution in [3.05, 3.63) is 60.4 Å². The summed E-state index contributed by atoms with van der Waals surface area (Å²) in [5.41, 5.74) is 3.10. The fraction of sp³-hybridized carbons (Fsp3) is 0.0588. The van der Waals surface area contributed by atoms with Gasteiger partial charge in [0.05, 0.1) is 5.52 Å². The SMILES string of the molecule is Cc1cc2cc(Oc3ncc4ccccc4n3)ccc2[nH]1. The molecular formula is C17H13N3O. The van der Waals surface area contributed by atoms with Crippen LogP contribution in [0.1, 0.15) is 5.69 Å². The number of nitrogens with zero attached hydrogens (tertiary/aromatic N) is 2. The quantitative estimate of drug-likeness (QED) is 0.596. The molecule has 21 heavy (non-hydrogen) atoms. The normalized spacial score (nSPS) is 11.1. The maximum Gasteiger partial charge on any atom is 0.322 e. The third-order valence-electron chi connectivity index (χ3n) is 3.40. The van der Waals surface area contributed by atoms with E-state index in [2.05, 4.69) is 21.0 Å². The Hall–Kier alpha value is -2.88. The van der Waals surface area contributed by atoms with Crippen LogP contribution in [-0.4, -0.2) is 15.0 Å². The van der Waals surface area contributed by atoms with Crippen LogP contribution in [0.15, 0.2) is 54.7 Å². The molecule has 102 valence electrons. The molecule has 1 N–H and O–H groups in total. The maximum absolute atomic E-state index is 5.77. The fourth-order valence-corrected chi connectivity index (χ4v) is 2.43. The molecule has 2 heterocycles. The Kier molecular flexibility index (Phi) is 2.60. The predicted molar refractivity (Wildman–Crippen MR) is 82.6 cm³/mol. The van der Waals surface area contributed by atoms with Crippen molar-refractivity contribution in [2.75, 3.05) is 0 Å². The van der Waals surface area contributed by atoms with Crippen LogP contribution in [0, 0.1) is 6.92 Å². The first-order valence-corrected chi connectivity index (χ1v) is 6.77. The van der Waals surface area contributed by atoms with Crippen molar-refractivity contribution >= 4 is 21.8 Å². The van der Waals surface area contributed by atoms with Crippen molar-refractivity contribution in [2.45, 2.75) is 6.92 Å². The highest BCUT2D eigenvalue weighted by Crippen LogP contribution is 2.25. The molecule has 2 aromatic carbocycles. The molecule has 0 saturated carbocycles. The Morgan fingerprint density at radius 2 is 1.90 bits per heavy atom. The van der Waals surface area contributed by atoms with Gasteiger partial charge in [0.25, 0.3) is 0 Å². The molecule has 0 aliphatic rings. The van der Waals surface area contributed by atoms with E-state index in [9.17, 15) is 0 Å². The average molecular weight is 275 g/mol. The molecule has 0 spiro atoms. The lowest BCUT2D eigenvalue weighted by Crippen LogP contribution is -1.91. The molecular weight excluding hydrogens is 262 g/mol. The highest BCUT2D eigenvalue weighted by Gasteiger charge is 2.04. The molecule has 0 aliphatic carbocycles. The first kappa shape index (κ1) is 11.9. The lowest BCUT2D eigenvalue weighted by atomic mass is 10.2. The number of nitrogens with one attached hydrogen (secondary N) is 1. The summed E-state index contributed by atoms with van der Waals surface area (Å²) in [6.45, 7) is 2.03. The standard InChI is InChI=1S/C17H13N3O/c1-11-8-13-9-14(6-7-16(13)19-11)21-17-18-10-12-4-2-3-5-15(12)20-17/h2-10,19H,1H3. The van der Waals surface area contributed by atoms with Crippen molar-refractivity contribution in [2.24, 2.45) is 0 Å². The number of hydrogen-bond donors (Lipinski definition) is 1. The number of para-hydroxylation sites is 1. The number of fused-ring (bicyclic) bond motifs is 2. The molecule has 0 atom stereocenters. The average Bonchev–Trinajstić information content (AvgIpc) is 2.86. The third-order valence-corrected chi connectivity index (χ3v) is 3.40. The zero-order chi connectivity index (χ0) is 14.2. The number of aryl methyl sites for hydroxylation is 1. The van der Waals surface area contributed by atoms with Gasteiger partial charge in [0, 0.05) is 28.2 Å². The summed E-state index contributed by atoms with van der Waals surface area (Å²) in [5, 5.41) is 2.12. The molecule has 4 nitrogen and oxygen atoms in total. The first-order chi connectivity index (χ1) is 10.3. The molecule has 0 saturated heterocycles. The van der Waals surface area contributed by atoms with Gasteiger partial charge in [0.2, 0.25) is 0 Å². The minimum absolute atomic E-state index is 0.361. The summed E-state index contributed by atoms with van der Waals surface area (Å²) in [6.07, 6.45) is 1.77. The molecule has 0 bridgehead atoms. The van der Waals surface area contributed by atoms with Crippen molar-refractivity contribution in [1.82, 2.24) is 15.0 Å². The monoisotopic (exact) mass is 275 g/mol. The van der Waals surface area contributed by atoms with Gasteiger partial charge >= 0.3 is 6.01 Å². The number of rotatable bonds is 2. The molecule has 4 rings (SSSR count). The number of H-pyrrole nitrogens is 1. The largest absolute Gasteiger partial charge is 0.424 e. The predicted octanol–water partition coefficient (Wildman–Crippen LogP) is 4.21. The summed E-state index contributed by atoms with van der Waals surface area (Å²) in [5.74, 6) is 0.733. The summed E-state index contributed by atoms with van der Waals surface area (Å²) in [6, 6.07) is 16.2. The highest BCUT2D eigenvalue weighted by molar-refractivity contribution is 5.82. The maximum atomic E-state index is 5.77. The third kappa shape index (κ3) is 2.21. The second kappa shape index (κ2) is 4.59. The van der Waals surface area contributed by atoms with Crippen LogP contribution in [-0.2, 0) is 0 Å². The van der Waals surface area contributed by atoms with Gasteiger partial charge in [-0.1, -0.05) is 18.2 Å². The van der Waals surface area contributed by atoms with Gasteiger partial charge in [-0.15, -0.1) is 0 Å². The van der Waals surface area contributed by atoms with E-state index in [0.717, 1.165) is 33.2 Å². The van der Waals surface area contributed by atoms with Crippen molar-refractivity contribution in [3.8, 4) is 11.8 Å². The number of hydrogen-bond acceptors (Lipinski definition) is 3. The lowest BCUT2D eigenvalue weighted by molar-refractivity contribution is 0.445. The van der Waals surface area contributed by atoms with E-state index in [0.29, 0.717) is 6.01 Å². The molecule has 0 aliphatic heterocycles. The lowest BCUT2D eigenvalue weighted by Gasteiger charge is -2.04. The first-order valence-electron chi connectivity index (χ1n) is 6.77. The van der Waals surface area contributed by atoms with Crippen LogP contribution in [0.4, 0.5) is 0 Å². The second-order valence-corrected chi connectivity index (χ2v) is 5.01. The fourth-order valence-electron chi connectivity index (χ4n) is 2.43. The number of ether oxygens (including phenoxy) is 1. The van der Waals surface area contributed by atoms with E-state index in [1.807, 2.05) is 49.4 Å². The Morgan fingerprint density at radius 3 is 2.86 bits per heavy atom. The highest BCUT2D eigenvalue weighted by atomic mass is 16.5. The van der Waals surface area contributed by atoms with Gasteiger partial charge in [-0.2, -0.15) is 4.98 Å². The van der Waals surface area contributed by atoms with Gasteiger partial charge in [-0.25, -0.2) is 4.98 Å². The van der Waals surface area contributed by atoms with Gasteiger partial charge in [0.1, 0.15) is 5.75 Å². The topological polar surface area (TPSA) is 50.8 Å². The van der Waals surface area contributed by atoms with E-state index in [4.69, 9.17) is 4.74 Å². The number of benzene rings is 2. The van der Waals surface area contributed by atoms with Gasteiger partial charge in [-0.3, -0.25) is 0 Å². The van der Waals surface area contributed by atoms with E-state index >= 15 is 0 Å². The van der Waals surface area contributed by atoms with Crippen LogP contribution in [0.5, 0.6) is 11.8 Å². The van der Waals surface area contributed by atoms with Crippen molar-refractivity contribution in [3.63, 3.8) is 0 Å². The smallest absolute Gasteiger partial charge is 0.322 e. The van der Waals surface area contributed by atoms with Crippen LogP contribution < -0.4 is 4.74 Å². The molecule has 0 fully saturated rings. The van der Waals surface area contributed by atoms with Crippen molar-refractivity contribution in [1.29, 1.82) is 0 Å². The Morgan fingerprint density at radius 1 is 1.00 bits per heavy atom. The Balaban J connectivity index is 1.71. The van der Waals surface area contributed by atoms with Gasteiger partial charge < -0.3 is 9.72 Å². The van der Waals surface area contributed by atoms with Gasteiger partial charge in [0.15, 0.2) is 0 Å². The number of aromatic amines is 1. The van der Waals surface area contributed by atoms with E-state index in [1.165, 1.54) is 0 Å². The van der Waals surface area contributed by atoms with Gasteiger partial charge in [-0.05, 0) is 37.3 Å². The minimum atomic E-state index is 0.361. The van der Waals surface area contributed by atoms with Crippen molar-refractivity contribution < 1.29 is 4.74 Å². The summed E-state index contributed by atoms with van der Waals surface area (Å²) < 4.78 is 5.77.